The minimum atomic E-state index is -0.0430. The molecule has 0 spiro atoms. The topological polar surface area (TPSA) is 61.4 Å². The lowest BCUT2D eigenvalue weighted by atomic mass is 9.98. The van der Waals surface area contributed by atoms with E-state index in [-0.39, 0.29) is 18.4 Å². The molecule has 1 aliphatic rings. The minimum absolute atomic E-state index is 0.0430. The zero-order chi connectivity index (χ0) is 19.8. The zero-order valence-corrected chi connectivity index (χ0v) is 16.5. The predicted molar refractivity (Wildman–Crippen MR) is 112 cm³/mol. The summed E-state index contributed by atoms with van der Waals surface area (Å²) in [4.78, 5) is 26.5. The SMILES string of the molecule is CC1CCN(C(=O)c2ccc(NCC(=O)NCCc3ccccc3)cc2)CC1. The number of nitrogens with zero attached hydrogens (tertiary/aromatic N) is 1. The fourth-order valence-electron chi connectivity index (χ4n) is 3.36. The number of carbonyl (C=O) groups is 2. The molecule has 2 aromatic rings. The van der Waals surface area contributed by atoms with Gasteiger partial charge in [0.25, 0.3) is 5.91 Å². The van der Waals surface area contributed by atoms with E-state index >= 15 is 0 Å². The molecule has 0 aliphatic carbocycles. The van der Waals surface area contributed by atoms with Crippen molar-refractivity contribution in [1.82, 2.24) is 10.2 Å². The molecular formula is C23H29N3O2. The Labute approximate surface area is 167 Å². The van der Waals surface area contributed by atoms with Crippen LogP contribution in [0.1, 0.15) is 35.7 Å². The van der Waals surface area contributed by atoms with E-state index in [2.05, 4.69) is 29.7 Å². The largest absolute Gasteiger partial charge is 0.376 e. The van der Waals surface area contributed by atoms with Crippen molar-refractivity contribution >= 4 is 17.5 Å². The quantitative estimate of drug-likeness (QED) is 0.776. The lowest BCUT2D eigenvalue weighted by Gasteiger charge is -2.30. The van der Waals surface area contributed by atoms with Crippen molar-refractivity contribution in [2.75, 3.05) is 31.5 Å². The minimum Gasteiger partial charge on any atom is -0.376 e. The molecular weight excluding hydrogens is 350 g/mol. The Hall–Kier alpha value is -2.82. The van der Waals surface area contributed by atoms with Gasteiger partial charge in [-0.1, -0.05) is 37.3 Å². The van der Waals surface area contributed by atoms with Gasteiger partial charge in [-0.25, -0.2) is 0 Å². The van der Waals surface area contributed by atoms with Gasteiger partial charge in [0.15, 0.2) is 0 Å². The van der Waals surface area contributed by atoms with Crippen molar-refractivity contribution in [2.24, 2.45) is 5.92 Å². The van der Waals surface area contributed by atoms with Crippen molar-refractivity contribution in [1.29, 1.82) is 0 Å². The summed E-state index contributed by atoms with van der Waals surface area (Å²) < 4.78 is 0. The molecule has 3 rings (SSSR count). The van der Waals surface area contributed by atoms with Gasteiger partial charge < -0.3 is 15.5 Å². The standard InChI is InChI=1S/C23H29N3O2/c1-18-12-15-26(16-13-18)23(28)20-7-9-21(10-8-20)25-17-22(27)24-14-11-19-5-3-2-4-6-19/h2-10,18,25H,11-17H2,1H3,(H,24,27). The molecule has 1 aliphatic heterocycles. The summed E-state index contributed by atoms with van der Waals surface area (Å²) in [6.07, 6.45) is 2.97. The molecule has 2 aromatic carbocycles. The average molecular weight is 380 g/mol. The van der Waals surface area contributed by atoms with Gasteiger partial charge in [0, 0.05) is 30.9 Å². The molecule has 0 saturated carbocycles. The molecule has 148 valence electrons. The summed E-state index contributed by atoms with van der Waals surface area (Å²) in [5.74, 6) is 0.755. The van der Waals surface area contributed by atoms with Crippen LogP contribution in [0.25, 0.3) is 0 Å². The smallest absolute Gasteiger partial charge is 0.253 e. The van der Waals surface area contributed by atoms with Gasteiger partial charge in [0.2, 0.25) is 5.91 Å². The first-order valence-corrected chi connectivity index (χ1v) is 10.1. The number of piperidine rings is 1. The molecule has 1 saturated heterocycles. The molecule has 2 amide bonds. The van der Waals surface area contributed by atoms with Crippen LogP contribution in [0.15, 0.2) is 54.6 Å². The number of amides is 2. The fourth-order valence-corrected chi connectivity index (χ4v) is 3.36. The normalized spacial score (nSPS) is 14.5. The first-order valence-electron chi connectivity index (χ1n) is 10.1. The summed E-state index contributed by atoms with van der Waals surface area (Å²) in [7, 11) is 0. The van der Waals surface area contributed by atoms with E-state index in [0.29, 0.717) is 18.0 Å². The van der Waals surface area contributed by atoms with Crippen molar-refractivity contribution < 1.29 is 9.59 Å². The van der Waals surface area contributed by atoms with Gasteiger partial charge in [0.1, 0.15) is 0 Å². The highest BCUT2D eigenvalue weighted by atomic mass is 16.2. The van der Waals surface area contributed by atoms with E-state index in [0.717, 1.165) is 38.0 Å². The Morgan fingerprint density at radius 1 is 1.00 bits per heavy atom. The van der Waals surface area contributed by atoms with Crippen LogP contribution in [0.2, 0.25) is 0 Å². The second-order valence-electron chi connectivity index (χ2n) is 7.49. The summed E-state index contributed by atoms with van der Waals surface area (Å²) in [6.45, 7) is 4.74. The molecule has 5 nitrogen and oxygen atoms in total. The van der Waals surface area contributed by atoms with Crippen molar-refractivity contribution in [3.8, 4) is 0 Å². The molecule has 0 aromatic heterocycles. The molecule has 28 heavy (non-hydrogen) atoms. The monoisotopic (exact) mass is 379 g/mol. The Balaban J connectivity index is 1.40. The van der Waals surface area contributed by atoms with Crippen LogP contribution in [0.3, 0.4) is 0 Å². The van der Waals surface area contributed by atoms with Gasteiger partial charge in [-0.3, -0.25) is 9.59 Å². The third-order valence-corrected chi connectivity index (χ3v) is 5.23. The van der Waals surface area contributed by atoms with Crippen LogP contribution >= 0.6 is 0 Å². The number of carbonyl (C=O) groups excluding carboxylic acids is 2. The summed E-state index contributed by atoms with van der Waals surface area (Å²) in [5.41, 5.74) is 2.74. The third kappa shape index (κ3) is 5.84. The van der Waals surface area contributed by atoms with Crippen LogP contribution in [0, 0.1) is 5.92 Å². The van der Waals surface area contributed by atoms with Gasteiger partial charge >= 0.3 is 0 Å². The fraction of sp³-hybridized carbons (Fsp3) is 0.391. The Morgan fingerprint density at radius 2 is 1.68 bits per heavy atom. The summed E-state index contributed by atoms with van der Waals surface area (Å²) in [6, 6.07) is 17.5. The second-order valence-corrected chi connectivity index (χ2v) is 7.49. The number of likely N-dealkylation sites (tertiary alicyclic amines) is 1. The lowest BCUT2D eigenvalue weighted by Crippen LogP contribution is -2.37. The number of rotatable bonds is 7. The van der Waals surface area contributed by atoms with Crippen molar-refractivity contribution in [3.05, 3.63) is 65.7 Å². The molecule has 0 atom stereocenters. The molecule has 0 unspecified atom stereocenters. The van der Waals surface area contributed by atoms with Crippen LogP contribution in [0.4, 0.5) is 5.69 Å². The Kier molecular flexibility index (Phi) is 7.06. The number of hydrogen-bond donors (Lipinski definition) is 2. The van der Waals surface area contributed by atoms with E-state index in [1.165, 1.54) is 5.56 Å². The van der Waals surface area contributed by atoms with Gasteiger partial charge in [-0.05, 0) is 55.0 Å². The van der Waals surface area contributed by atoms with Gasteiger partial charge in [0.05, 0.1) is 6.54 Å². The number of anilines is 1. The predicted octanol–water partition coefficient (Wildman–Crippen LogP) is 3.33. The van der Waals surface area contributed by atoms with Crippen LogP contribution < -0.4 is 10.6 Å². The number of benzene rings is 2. The van der Waals surface area contributed by atoms with Gasteiger partial charge in [-0.2, -0.15) is 0 Å². The molecule has 1 heterocycles. The maximum atomic E-state index is 12.6. The maximum absolute atomic E-state index is 12.6. The number of nitrogens with one attached hydrogen (secondary N) is 2. The summed E-state index contributed by atoms with van der Waals surface area (Å²) >= 11 is 0. The first kappa shape index (κ1) is 19.9. The van der Waals surface area contributed by atoms with E-state index in [4.69, 9.17) is 0 Å². The molecule has 1 fully saturated rings. The second kappa shape index (κ2) is 9.93. The molecule has 0 bridgehead atoms. The average Bonchev–Trinajstić information content (AvgIpc) is 2.73. The highest BCUT2D eigenvalue weighted by molar-refractivity contribution is 5.94. The Bertz CT molecular complexity index is 766. The summed E-state index contributed by atoms with van der Waals surface area (Å²) in [5, 5.41) is 6.02. The van der Waals surface area contributed by atoms with E-state index in [1.807, 2.05) is 47.4 Å². The van der Waals surface area contributed by atoms with Crippen molar-refractivity contribution in [3.63, 3.8) is 0 Å². The zero-order valence-electron chi connectivity index (χ0n) is 16.5. The Morgan fingerprint density at radius 3 is 2.36 bits per heavy atom. The molecule has 5 heteroatoms. The van der Waals surface area contributed by atoms with Gasteiger partial charge in [-0.15, -0.1) is 0 Å². The van der Waals surface area contributed by atoms with Crippen LogP contribution in [-0.2, 0) is 11.2 Å². The highest BCUT2D eigenvalue weighted by Crippen LogP contribution is 2.19. The van der Waals surface area contributed by atoms with E-state index < -0.39 is 0 Å². The third-order valence-electron chi connectivity index (χ3n) is 5.23. The van der Waals surface area contributed by atoms with E-state index in [1.54, 1.807) is 0 Å². The first-order chi connectivity index (χ1) is 13.6. The lowest BCUT2D eigenvalue weighted by molar-refractivity contribution is -0.119. The van der Waals surface area contributed by atoms with E-state index in [9.17, 15) is 9.59 Å². The number of hydrogen-bond acceptors (Lipinski definition) is 3. The molecule has 2 N–H and O–H groups in total. The van der Waals surface area contributed by atoms with Crippen LogP contribution in [-0.4, -0.2) is 42.9 Å². The van der Waals surface area contributed by atoms with Crippen LogP contribution in [0.5, 0.6) is 0 Å². The van der Waals surface area contributed by atoms with Crippen molar-refractivity contribution in [2.45, 2.75) is 26.2 Å². The molecule has 0 radical (unpaired) electrons. The maximum Gasteiger partial charge on any atom is 0.253 e. The highest BCUT2D eigenvalue weighted by Gasteiger charge is 2.21.